The lowest BCUT2D eigenvalue weighted by atomic mass is 10.1. The fraction of sp³-hybridized carbons (Fsp3) is 0.818. The number of nitrogens with zero attached hydrogens (tertiary/aromatic N) is 2. The van der Waals surface area contributed by atoms with Crippen LogP contribution in [0, 0.1) is 4.77 Å². The summed E-state index contributed by atoms with van der Waals surface area (Å²) in [5.74, 6) is 2.82. The molecule has 0 bridgehead atoms. The third kappa shape index (κ3) is 2.69. The number of hydrogen-bond donors (Lipinski definition) is 1. The molecule has 5 heteroatoms. The Morgan fingerprint density at radius 2 is 2.38 bits per heavy atom. The van der Waals surface area contributed by atoms with Crippen LogP contribution in [0.3, 0.4) is 0 Å². The lowest BCUT2D eigenvalue weighted by molar-refractivity contribution is 0.551. The quantitative estimate of drug-likeness (QED) is 0.843. The van der Waals surface area contributed by atoms with Gasteiger partial charge in [0.15, 0.2) is 4.77 Å². The third-order valence-electron chi connectivity index (χ3n) is 2.96. The molecular formula is C11H19N3S2. The van der Waals surface area contributed by atoms with E-state index in [1.54, 1.807) is 0 Å². The van der Waals surface area contributed by atoms with Crippen molar-refractivity contribution in [3.05, 3.63) is 10.6 Å². The first-order valence-corrected chi connectivity index (χ1v) is 7.41. The van der Waals surface area contributed by atoms with Crippen LogP contribution in [-0.2, 0) is 6.54 Å². The molecule has 1 fully saturated rings. The van der Waals surface area contributed by atoms with Crippen LogP contribution in [0.5, 0.6) is 0 Å². The van der Waals surface area contributed by atoms with Gasteiger partial charge in [-0.2, -0.15) is 16.9 Å². The van der Waals surface area contributed by atoms with E-state index < -0.39 is 0 Å². The summed E-state index contributed by atoms with van der Waals surface area (Å²) in [5, 5.41) is 7.95. The Hall–Kier alpha value is -0.290. The molecule has 90 valence electrons. The van der Waals surface area contributed by atoms with Crippen molar-refractivity contribution in [1.29, 1.82) is 0 Å². The van der Waals surface area contributed by atoms with E-state index in [1.165, 1.54) is 25.0 Å². The maximum absolute atomic E-state index is 5.30. The number of nitrogens with one attached hydrogen (secondary N) is 1. The maximum Gasteiger partial charge on any atom is 0.195 e. The molecule has 0 spiro atoms. The van der Waals surface area contributed by atoms with E-state index in [4.69, 9.17) is 12.2 Å². The lowest BCUT2D eigenvalue weighted by Crippen LogP contribution is -2.19. The molecule has 1 N–H and O–H groups in total. The molecule has 2 rings (SSSR count). The molecule has 1 aliphatic heterocycles. The second kappa shape index (κ2) is 5.36. The van der Waals surface area contributed by atoms with Crippen molar-refractivity contribution in [1.82, 2.24) is 14.8 Å². The second-order valence-electron chi connectivity index (χ2n) is 4.64. The van der Waals surface area contributed by atoms with Crippen LogP contribution in [-0.4, -0.2) is 25.8 Å². The zero-order chi connectivity index (χ0) is 11.5. The molecule has 1 saturated heterocycles. The van der Waals surface area contributed by atoms with Gasteiger partial charge in [-0.05, 0) is 30.8 Å². The van der Waals surface area contributed by atoms with Gasteiger partial charge in [-0.25, -0.2) is 0 Å². The Morgan fingerprint density at radius 3 is 3.00 bits per heavy atom. The third-order valence-corrected chi connectivity index (χ3v) is 4.66. The molecule has 1 aromatic rings. The van der Waals surface area contributed by atoms with Crippen molar-refractivity contribution in [2.45, 2.75) is 50.8 Å². The van der Waals surface area contributed by atoms with Gasteiger partial charge in [0.2, 0.25) is 0 Å². The molecule has 0 aliphatic carbocycles. The van der Waals surface area contributed by atoms with Gasteiger partial charge in [-0.3, -0.25) is 5.10 Å². The molecule has 0 radical (unpaired) electrons. The second-order valence-corrected chi connectivity index (χ2v) is 6.44. The number of aromatic nitrogens is 3. The van der Waals surface area contributed by atoms with Crippen LogP contribution >= 0.6 is 24.0 Å². The van der Waals surface area contributed by atoms with Crippen molar-refractivity contribution >= 4 is 24.0 Å². The first-order chi connectivity index (χ1) is 7.68. The normalized spacial score (nSPS) is 21.6. The monoisotopic (exact) mass is 257 g/mol. The first kappa shape index (κ1) is 12.2. The van der Waals surface area contributed by atoms with E-state index in [9.17, 15) is 0 Å². The largest absolute Gasteiger partial charge is 0.303 e. The van der Waals surface area contributed by atoms with Gasteiger partial charge in [0.25, 0.3) is 0 Å². The molecule has 0 aromatic carbocycles. The predicted molar refractivity (Wildman–Crippen MR) is 71.6 cm³/mol. The van der Waals surface area contributed by atoms with Crippen LogP contribution in [0.2, 0.25) is 0 Å². The number of aromatic amines is 1. The number of hydrogen-bond acceptors (Lipinski definition) is 3. The van der Waals surface area contributed by atoms with Crippen molar-refractivity contribution in [2.24, 2.45) is 0 Å². The van der Waals surface area contributed by atoms with Gasteiger partial charge in [0, 0.05) is 17.7 Å². The van der Waals surface area contributed by atoms with Crippen LogP contribution in [0.4, 0.5) is 0 Å². The van der Waals surface area contributed by atoms with Gasteiger partial charge in [-0.15, -0.1) is 0 Å². The summed E-state index contributed by atoms with van der Waals surface area (Å²) in [4.78, 5) is 0. The van der Waals surface area contributed by atoms with E-state index in [0.29, 0.717) is 5.92 Å². The van der Waals surface area contributed by atoms with E-state index in [2.05, 4.69) is 40.4 Å². The molecule has 1 aliphatic rings. The minimum atomic E-state index is 0.432. The Kier molecular flexibility index (Phi) is 4.08. The van der Waals surface area contributed by atoms with E-state index in [-0.39, 0.29) is 0 Å². The van der Waals surface area contributed by atoms with Crippen molar-refractivity contribution in [3.63, 3.8) is 0 Å². The molecular weight excluding hydrogens is 238 g/mol. The van der Waals surface area contributed by atoms with Crippen LogP contribution in [0.25, 0.3) is 0 Å². The Morgan fingerprint density at radius 1 is 1.56 bits per heavy atom. The van der Waals surface area contributed by atoms with Crippen molar-refractivity contribution < 1.29 is 0 Å². The van der Waals surface area contributed by atoms with Gasteiger partial charge in [0.1, 0.15) is 5.82 Å². The topological polar surface area (TPSA) is 33.6 Å². The molecule has 1 unspecified atom stereocenters. The minimum Gasteiger partial charge on any atom is -0.303 e. The first-order valence-electron chi connectivity index (χ1n) is 5.95. The van der Waals surface area contributed by atoms with Gasteiger partial charge in [0.05, 0.1) is 0 Å². The minimum absolute atomic E-state index is 0.432. The van der Waals surface area contributed by atoms with E-state index in [0.717, 1.165) is 22.4 Å². The van der Waals surface area contributed by atoms with Gasteiger partial charge < -0.3 is 4.57 Å². The summed E-state index contributed by atoms with van der Waals surface area (Å²) < 4.78 is 2.96. The maximum atomic E-state index is 5.30. The zero-order valence-electron chi connectivity index (χ0n) is 9.90. The standard InChI is InChI=1S/C11H19N3S2/c1-8(2)10-12-13-11(15)14(10)7-9-5-3-4-6-16-9/h8-9H,3-7H2,1-2H3,(H,13,15). The lowest BCUT2D eigenvalue weighted by Gasteiger charge is -2.22. The summed E-state index contributed by atoms with van der Waals surface area (Å²) in [7, 11) is 0. The Bertz CT molecular complexity index is 388. The average molecular weight is 257 g/mol. The van der Waals surface area contributed by atoms with Crippen molar-refractivity contribution in [3.8, 4) is 0 Å². The molecule has 16 heavy (non-hydrogen) atoms. The Labute approximate surface area is 106 Å². The highest BCUT2D eigenvalue weighted by Crippen LogP contribution is 2.27. The predicted octanol–water partition coefficient (Wildman–Crippen LogP) is 3.35. The van der Waals surface area contributed by atoms with Crippen LogP contribution in [0.15, 0.2) is 0 Å². The molecule has 1 aromatic heterocycles. The van der Waals surface area contributed by atoms with E-state index in [1.807, 2.05) is 0 Å². The number of H-pyrrole nitrogens is 1. The Balaban J connectivity index is 2.13. The van der Waals surface area contributed by atoms with Crippen LogP contribution in [0.1, 0.15) is 44.9 Å². The highest BCUT2D eigenvalue weighted by Gasteiger charge is 2.18. The highest BCUT2D eigenvalue weighted by atomic mass is 32.2. The molecule has 2 heterocycles. The average Bonchev–Trinajstić information content (AvgIpc) is 2.62. The summed E-state index contributed by atoms with van der Waals surface area (Å²) >= 11 is 7.38. The summed E-state index contributed by atoms with van der Waals surface area (Å²) in [6.07, 6.45) is 4.05. The molecule has 3 nitrogen and oxygen atoms in total. The molecule has 0 saturated carbocycles. The smallest absolute Gasteiger partial charge is 0.195 e. The van der Waals surface area contributed by atoms with Gasteiger partial charge in [-0.1, -0.05) is 20.3 Å². The SMILES string of the molecule is CC(C)c1n[nH]c(=S)n1CC1CCCCS1. The summed E-state index contributed by atoms with van der Waals surface area (Å²) in [5.41, 5.74) is 0. The van der Waals surface area contributed by atoms with E-state index >= 15 is 0 Å². The van der Waals surface area contributed by atoms with Crippen LogP contribution < -0.4 is 0 Å². The fourth-order valence-electron chi connectivity index (χ4n) is 2.10. The highest BCUT2D eigenvalue weighted by molar-refractivity contribution is 7.99. The molecule has 0 amide bonds. The zero-order valence-corrected chi connectivity index (χ0v) is 11.5. The number of thioether (sulfide) groups is 1. The fourth-order valence-corrected chi connectivity index (χ4v) is 3.61. The molecule has 1 atom stereocenters. The van der Waals surface area contributed by atoms with Gasteiger partial charge >= 0.3 is 0 Å². The number of rotatable bonds is 3. The summed E-state index contributed by atoms with van der Waals surface area (Å²) in [6.45, 7) is 5.35. The van der Waals surface area contributed by atoms with Crippen molar-refractivity contribution in [2.75, 3.05) is 5.75 Å². The summed E-state index contributed by atoms with van der Waals surface area (Å²) in [6, 6.07) is 0.